The fraction of sp³-hybridized carbons (Fsp3) is 0.500. The molecule has 2 aliphatic heterocycles. The number of anilines is 1. The molecule has 32 heavy (non-hydrogen) atoms. The second-order valence-corrected chi connectivity index (χ2v) is 10.7. The van der Waals surface area contributed by atoms with Crippen LogP contribution >= 0.6 is 24.0 Å². The monoisotopic (exact) mass is 470 g/mol. The summed E-state index contributed by atoms with van der Waals surface area (Å²) in [5.41, 5.74) is 0.916. The van der Waals surface area contributed by atoms with Crippen LogP contribution in [0, 0.1) is 11.8 Å². The van der Waals surface area contributed by atoms with Gasteiger partial charge in [0.05, 0.1) is 10.5 Å². The summed E-state index contributed by atoms with van der Waals surface area (Å²) in [6.07, 6.45) is 7.66. The molecule has 2 atom stereocenters. The Bertz CT molecular complexity index is 1120. The fourth-order valence-electron chi connectivity index (χ4n) is 4.64. The van der Waals surface area contributed by atoms with Crippen LogP contribution in [0.1, 0.15) is 52.0 Å². The van der Waals surface area contributed by atoms with Crippen molar-refractivity contribution in [1.29, 1.82) is 0 Å². The molecule has 0 saturated carbocycles. The van der Waals surface area contributed by atoms with Crippen molar-refractivity contribution in [2.45, 2.75) is 46.5 Å². The highest BCUT2D eigenvalue weighted by molar-refractivity contribution is 8.26. The molecule has 0 bridgehead atoms. The Labute approximate surface area is 198 Å². The second kappa shape index (κ2) is 9.75. The van der Waals surface area contributed by atoms with Crippen molar-refractivity contribution in [3.8, 4) is 0 Å². The van der Waals surface area contributed by atoms with E-state index >= 15 is 0 Å². The van der Waals surface area contributed by atoms with Gasteiger partial charge in [0.1, 0.15) is 15.8 Å². The van der Waals surface area contributed by atoms with E-state index in [0.29, 0.717) is 44.6 Å². The number of nitrogens with zero attached hydrogens (tertiary/aromatic N) is 4. The molecule has 0 aromatic carbocycles. The van der Waals surface area contributed by atoms with Gasteiger partial charge in [-0.15, -0.1) is 0 Å². The van der Waals surface area contributed by atoms with Gasteiger partial charge in [-0.1, -0.05) is 63.7 Å². The molecule has 0 radical (unpaired) electrons. The highest BCUT2D eigenvalue weighted by Gasteiger charge is 2.33. The number of carbonyl (C=O) groups is 1. The maximum absolute atomic E-state index is 13.5. The lowest BCUT2D eigenvalue weighted by molar-refractivity contribution is -0.122. The fourth-order valence-corrected chi connectivity index (χ4v) is 5.93. The number of unbranched alkanes of at least 4 members (excludes halogenated alkanes) is 2. The molecule has 4 heterocycles. The van der Waals surface area contributed by atoms with Crippen molar-refractivity contribution >= 4 is 51.7 Å². The van der Waals surface area contributed by atoms with Gasteiger partial charge in [-0.25, -0.2) is 4.98 Å². The molecule has 4 rings (SSSR count). The van der Waals surface area contributed by atoms with E-state index in [1.807, 2.05) is 18.2 Å². The van der Waals surface area contributed by atoms with E-state index in [-0.39, 0.29) is 11.5 Å². The topological polar surface area (TPSA) is 57.9 Å². The van der Waals surface area contributed by atoms with Crippen molar-refractivity contribution < 1.29 is 4.79 Å². The Kier molecular flexibility index (Phi) is 7.00. The Balaban J connectivity index is 1.77. The maximum Gasteiger partial charge on any atom is 0.267 e. The van der Waals surface area contributed by atoms with E-state index in [2.05, 4.69) is 25.7 Å². The quantitative estimate of drug-likeness (QED) is 0.350. The van der Waals surface area contributed by atoms with Crippen LogP contribution in [0.25, 0.3) is 11.7 Å². The number of hydrogen-bond donors (Lipinski definition) is 0. The van der Waals surface area contributed by atoms with Gasteiger partial charge in [0.15, 0.2) is 0 Å². The number of thiocarbonyl (C=S) groups is 1. The number of piperidine rings is 1. The molecule has 6 nitrogen and oxygen atoms in total. The first-order chi connectivity index (χ1) is 15.4. The van der Waals surface area contributed by atoms with Crippen LogP contribution in [0.15, 0.2) is 34.1 Å². The molecule has 0 aliphatic carbocycles. The largest absolute Gasteiger partial charge is 0.355 e. The molecule has 0 spiro atoms. The van der Waals surface area contributed by atoms with Gasteiger partial charge >= 0.3 is 0 Å². The summed E-state index contributed by atoms with van der Waals surface area (Å²) >= 11 is 6.76. The number of carbonyl (C=O) groups excluding carboxylic acids is 1. The molecular formula is C24H30N4O2S2. The van der Waals surface area contributed by atoms with E-state index in [1.54, 1.807) is 21.6 Å². The third-order valence-electron chi connectivity index (χ3n) is 6.05. The average Bonchev–Trinajstić information content (AvgIpc) is 3.02. The molecule has 8 heteroatoms. The lowest BCUT2D eigenvalue weighted by Crippen LogP contribution is -2.40. The molecule has 0 N–H and O–H groups in total. The van der Waals surface area contributed by atoms with Crippen LogP contribution in [-0.4, -0.2) is 44.1 Å². The zero-order valence-electron chi connectivity index (χ0n) is 18.9. The highest BCUT2D eigenvalue weighted by Crippen LogP contribution is 2.34. The minimum atomic E-state index is -0.160. The molecule has 2 saturated heterocycles. The van der Waals surface area contributed by atoms with Crippen molar-refractivity contribution in [3.05, 3.63) is 45.2 Å². The van der Waals surface area contributed by atoms with Crippen LogP contribution in [0.2, 0.25) is 0 Å². The second-order valence-electron chi connectivity index (χ2n) is 8.97. The minimum absolute atomic E-state index is 0.111. The van der Waals surface area contributed by atoms with Crippen LogP contribution in [0.4, 0.5) is 5.82 Å². The number of amides is 1. The summed E-state index contributed by atoms with van der Waals surface area (Å²) in [4.78, 5) is 35.8. The summed E-state index contributed by atoms with van der Waals surface area (Å²) in [6.45, 7) is 8.92. The minimum Gasteiger partial charge on any atom is -0.355 e. The van der Waals surface area contributed by atoms with Gasteiger partial charge in [-0.3, -0.25) is 18.9 Å². The standard InChI is InChI=1S/C24H30N4O2S2/c1-4-5-7-11-28-23(30)19(32-24(28)31)13-18-21(26-14-16(2)12-17(3)15-26)25-20-9-6-8-10-27(20)22(18)29/h6,8-10,13,16-17H,4-5,7,11-12,14-15H2,1-3H3/b19-13-. The van der Waals surface area contributed by atoms with Crippen molar-refractivity contribution in [2.24, 2.45) is 11.8 Å². The molecule has 2 aliphatic rings. The third-order valence-corrected chi connectivity index (χ3v) is 7.43. The van der Waals surface area contributed by atoms with Crippen molar-refractivity contribution in [2.75, 3.05) is 24.5 Å². The van der Waals surface area contributed by atoms with Crippen LogP contribution in [0.3, 0.4) is 0 Å². The third kappa shape index (κ3) is 4.62. The predicted molar refractivity (Wildman–Crippen MR) is 136 cm³/mol. The van der Waals surface area contributed by atoms with E-state index in [9.17, 15) is 9.59 Å². The number of hydrogen-bond acceptors (Lipinski definition) is 6. The van der Waals surface area contributed by atoms with Gasteiger partial charge in [0.2, 0.25) is 0 Å². The summed E-state index contributed by atoms with van der Waals surface area (Å²) in [7, 11) is 0. The first-order valence-corrected chi connectivity index (χ1v) is 12.6. The van der Waals surface area contributed by atoms with Crippen LogP contribution < -0.4 is 10.5 Å². The lowest BCUT2D eigenvalue weighted by atomic mass is 9.91. The molecular weight excluding hydrogens is 440 g/mol. The zero-order chi connectivity index (χ0) is 22.8. The van der Waals surface area contributed by atoms with E-state index in [4.69, 9.17) is 17.2 Å². The van der Waals surface area contributed by atoms with Gasteiger partial charge in [-0.05, 0) is 42.9 Å². The summed E-state index contributed by atoms with van der Waals surface area (Å²) in [5, 5.41) is 0. The predicted octanol–water partition coefficient (Wildman–Crippen LogP) is 4.57. The van der Waals surface area contributed by atoms with E-state index in [0.717, 1.165) is 38.8 Å². The van der Waals surface area contributed by atoms with E-state index in [1.165, 1.54) is 11.8 Å². The zero-order valence-corrected chi connectivity index (χ0v) is 20.5. The van der Waals surface area contributed by atoms with Gasteiger partial charge in [0, 0.05) is 25.8 Å². The number of fused-ring (bicyclic) bond motifs is 1. The maximum atomic E-state index is 13.5. The SMILES string of the molecule is CCCCCN1C(=O)/C(=C/c2c(N3CC(C)CC(C)C3)nc3ccccn3c2=O)SC1=S. The average molecular weight is 471 g/mol. The first kappa shape index (κ1) is 23.0. The Hall–Kier alpha value is -2.19. The Morgan fingerprint density at radius 3 is 2.66 bits per heavy atom. The smallest absolute Gasteiger partial charge is 0.267 e. The first-order valence-electron chi connectivity index (χ1n) is 11.4. The Morgan fingerprint density at radius 1 is 1.19 bits per heavy atom. The Morgan fingerprint density at radius 2 is 1.94 bits per heavy atom. The van der Waals surface area contributed by atoms with Crippen LogP contribution in [0.5, 0.6) is 0 Å². The van der Waals surface area contributed by atoms with Crippen molar-refractivity contribution in [3.63, 3.8) is 0 Å². The van der Waals surface area contributed by atoms with Gasteiger partial charge in [0.25, 0.3) is 11.5 Å². The normalized spacial score (nSPS) is 23.0. The highest BCUT2D eigenvalue weighted by atomic mass is 32.2. The number of aromatic nitrogens is 2. The van der Waals surface area contributed by atoms with Gasteiger partial charge < -0.3 is 4.90 Å². The summed E-state index contributed by atoms with van der Waals surface area (Å²) in [5.74, 6) is 1.58. The van der Waals surface area contributed by atoms with Crippen molar-refractivity contribution in [1.82, 2.24) is 14.3 Å². The number of rotatable bonds is 6. The van der Waals surface area contributed by atoms with Crippen LogP contribution in [-0.2, 0) is 4.79 Å². The van der Waals surface area contributed by atoms with E-state index < -0.39 is 0 Å². The molecule has 2 aromatic heterocycles. The number of pyridine rings is 1. The molecule has 2 aromatic rings. The molecule has 2 fully saturated rings. The molecule has 170 valence electrons. The molecule has 1 amide bonds. The lowest BCUT2D eigenvalue weighted by Gasteiger charge is -2.36. The van der Waals surface area contributed by atoms with Gasteiger partial charge in [-0.2, -0.15) is 0 Å². The number of thioether (sulfide) groups is 1. The summed E-state index contributed by atoms with van der Waals surface area (Å²) < 4.78 is 2.11. The summed E-state index contributed by atoms with van der Waals surface area (Å²) in [6, 6.07) is 5.55. The molecule has 2 unspecified atom stereocenters.